The molecule has 0 unspecified atom stereocenters. The molecule has 0 bridgehead atoms. The first kappa shape index (κ1) is 24.3. The molecule has 0 spiro atoms. The van der Waals surface area contributed by atoms with Crippen LogP contribution in [0.3, 0.4) is 0 Å². The van der Waals surface area contributed by atoms with Gasteiger partial charge in [-0.15, -0.1) is 0 Å². The van der Waals surface area contributed by atoms with Crippen molar-refractivity contribution in [3.05, 3.63) is 59.7 Å². The largest absolute Gasteiger partial charge is 0.488 e. The van der Waals surface area contributed by atoms with E-state index in [1.807, 2.05) is 24.3 Å². The maximum absolute atomic E-state index is 14.4. The summed E-state index contributed by atoms with van der Waals surface area (Å²) in [7, 11) is 3.64. The topological polar surface area (TPSA) is 130 Å². The van der Waals surface area contributed by atoms with E-state index in [1.165, 1.54) is 24.4 Å². The van der Waals surface area contributed by atoms with E-state index < -0.39 is 5.82 Å². The minimum Gasteiger partial charge on any atom is -0.488 e. The summed E-state index contributed by atoms with van der Waals surface area (Å²) in [5.74, 6) is 5.49. The highest BCUT2D eigenvalue weighted by atomic mass is 19.1. The molecule has 1 aliphatic heterocycles. The van der Waals surface area contributed by atoms with Crippen LogP contribution < -0.4 is 32.0 Å². The minimum atomic E-state index is -0.642. The van der Waals surface area contributed by atoms with Crippen molar-refractivity contribution in [2.45, 2.75) is 0 Å². The van der Waals surface area contributed by atoms with Gasteiger partial charge >= 0.3 is 0 Å². The molecule has 0 atom stereocenters. The van der Waals surface area contributed by atoms with Crippen molar-refractivity contribution in [1.29, 1.82) is 5.41 Å². The zero-order valence-corrected chi connectivity index (χ0v) is 19.1. The SMILES string of the molecule is COCCOc1cc(N)c(C(=N)/C(N)=C/N(N)c2ccc(N3CCN(C)CC3)cc2)cc1F. The van der Waals surface area contributed by atoms with Crippen molar-refractivity contribution >= 4 is 22.8 Å². The van der Waals surface area contributed by atoms with Crippen LogP contribution in [0.5, 0.6) is 5.75 Å². The van der Waals surface area contributed by atoms with Gasteiger partial charge in [-0.05, 0) is 37.4 Å². The van der Waals surface area contributed by atoms with Gasteiger partial charge in [0.25, 0.3) is 0 Å². The number of ether oxygens (including phenoxy) is 2. The van der Waals surface area contributed by atoms with Crippen molar-refractivity contribution in [2.75, 3.05) is 69.2 Å². The van der Waals surface area contributed by atoms with Crippen LogP contribution in [-0.2, 0) is 4.74 Å². The van der Waals surface area contributed by atoms with Gasteiger partial charge in [0.05, 0.1) is 23.7 Å². The van der Waals surface area contributed by atoms with Crippen molar-refractivity contribution in [3.8, 4) is 5.75 Å². The number of nitrogens with two attached hydrogens (primary N) is 3. The second-order valence-corrected chi connectivity index (χ2v) is 7.88. The van der Waals surface area contributed by atoms with Gasteiger partial charge in [0.15, 0.2) is 11.6 Å². The number of halogens is 1. The number of benzene rings is 2. The molecule has 1 heterocycles. The maximum atomic E-state index is 14.4. The molecular weight excluding hydrogens is 425 g/mol. The third kappa shape index (κ3) is 6.13. The third-order valence-electron chi connectivity index (χ3n) is 5.50. The van der Waals surface area contributed by atoms with Gasteiger partial charge in [0, 0.05) is 62.5 Å². The summed E-state index contributed by atoms with van der Waals surface area (Å²) in [5.41, 5.74) is 14.1. The van der Waals surface area contributed by atoms with E-state index in [1.54, 1.807) is 0 Å². The van der Waals surface area contributed by atoms with Crippen LogP contribution in [0.2, 0.25) is 0 Å². The summed E-state index contributed by atoms with van der Waals surface area (Å²) in [4.78, 5) is 4.63. The van der Waals surface area contributed by atoms with Crippen LogP contribution >= 0.6 is 0 Å². The number of hydrogen-bond acceptors (Lipinski definition) is 9. The van der Waals surface area contributed by atoms with E-state index >= 15 is 0 Å². The van der Waals surface area contributed by atoms with Gasteiger partial charge in [-0.2, -0.15) is 0 Å². The highest BCUT2D eigenvalue weighted by Gasteiger charge is 2.16. The Labute approximate surface area is 193 Å². The Bertz CT molecular complexity index is 989. The summed E-state index contributed by atoms with van der Waals surface area (Å²) in [6.45, 7) is 4.49. The number of methoxy groups -OCH3 is 1. The first-order valence-electron chi connectivity index (χ1n) is 10.6. The molecule has 7 N–H and O–H groups in total. The fraction of sp³-hybridized carbons (Fsp3) is 0.348. The quantitative estimate of drug-likeness (QED) is 0.147. The number of nitrogen functional groups attached to an aromatic ring is 1. The molecule has 0 saturated carbocycles. The fourth-order valence-electron chi connectivity index (χ4n) is 3.48. The molecule has 1 aliphatic rings. The smallest absolute Gasteiger partial charge is 0.165 e. The Balaban J connectivity index is 1.69. The number of rotatable bonds is 9. The van der Waals surface area contributed by atoms with Crippen LogP contribution in [0.25, 0.3) is 0 Å². The van der Waals surface area contributed by atoms with Gasteiger partial charge in [0.2, 0.25) is 0 Å². The molecule has 2 aromatic rings. The van der Waals surface area contributed by atoms with Crippen molar-refractivity contribution in [3.63, 3.8) is 0 Å². The zero-order chi connectivity index (χ0) is 24.0. The van der Waals surface area contributed by atoms with Gasteiger partial charge in [-0.25, -0.2) is 10.2 Å². The average Bonchev–Trinajstić information content (AvgIpc) is 2.81. The number of nitrogens with one attached hydrogen (secondary N) is 1. The van der Waals surface area contributed by atoms with E-state index in [0.29, 0.717) is 12.3 Å². The normalized spacial score (nSPS) is 14.9. The van der Waals surface area contributed by atoms with Crippen LogP contribution in [0.15, 0.2) is 48.3 Å². The Kier molecular flexibility index (Phi) is 8.10. The number of anilines is 3. The molecule has 9 nitrogen and oxygen atoms in total. The zero-order valence-electron chi connectivity index (χ0n) is 19.1. The Hall–Kier alpha value is -3.34. The fourth-order valence-corrected chi connectivity index (χ4v) is 3.48. The summed E-state index contributed by atoms with van der Waals surface area (Å²) >= 11 is 0. The van der Waals surface area contributed by atoms with Crippen molar-refractivity contribution in [2.24, 2.45) is 11.6 Å². The molecule has 0 aromatic heterocycles. The van der Waals surface area contributed by atoms with E-state index in [4.69, 9.17) is 32.2 Å². The molecule has 0 radical (unpaired) electrons. The van der Waals surface area contributed by atoms with Crippen LogP contribution in [-0.4, -0.2) is 64.2 Å². The summed E-state index contributed by atoms with van der Waals surface area (Å²) < 4.78 is 24.6. The standard InChI is InChI=1S/C23H32FN7O2/c1-29-7-9-30(10-8-29)16-3-5-17(6-4-16)31(28)15-21(26)23(27)18-13-19(24)22(14-20(18)25)33-12-11-32-2/h3-6,13-15,27H,7-12,25-26,28H2,1-2H3/b21-15-,27-23?. The lowest BCUT2D eigenvalue weighted by Crippen LogP contribution is -2.44. The summed E-state index contributed by atoms with van der Waals surface area (Å²) in [6.07, 6.45) is 1.41. The monoisotopic (exact) mass is 457 g/mol. The first-order chi connectivity index (χ1) is 15.8. The molecule has 2 aromatic carbocycles. The molecular formula is C23H32FN7O2. The second kappa shape index (κ2) is 11.0. The van der Waals surface area contributed by atoms with Crippen LogP contribution in [0.4, 0.5) is 21.5 Å². The predicted octanol–water partition coefficient (Wildman–Crippen LogP) is 1.73. The lowest BCUT2D eigenvalue weighted by Gasteiger charge is -2.34. The molecule has 0 amide bonds. The maximum Gasteiger partial charge on any atom is 0.165 e. The molecule has 3 rings (SSSR count). The second-order valence-electron chi connectivity index (χ2n) is 7.88. The van der Waals surface area contributed by atoms with E-state index in [0.717, 1.165) is 37.9 Å². The first-order valence-corrected chi connectivity index (χ1v) is 10.6. The third-order valence-corrected chi connectivity index (χ3v) is 5.50. The van der Waals surface area contributed by atoms with E-state index in [-0.39, 0.29) is 35.0 Å². The van der Waals surface area contributed by atoms with Gasteiger partial charge < -0.3 is 30.7 Å². The van der Waals surface area contributed by atoms with E-state index in [9.17, 15) is 4.39 Å². The number of hydrogen-bond donors (Lipinski definition) is 4. The number of nitrogens with zero attached hydrogens (tertiary/aromatic N) is 3. The number of likely N-dealkylation sites (N-methyl/N-ethyl adjacent to an activating group) is 1. The lowest BCUT2D eigenvalue weighted by atomic mass is 10.1. The number of piperazine rings is 1. The van der Waals surface area contributed by atoms with E-state index in [2.05, 4.69) is 16.8 Å². The summed E-state index contributed by atoms with van der Waals surface area (Å²) in [5, 5.41) is 9.68. The van der Waals surface area contributed by atoms with Crippen molar-refractivity contribution < 1.29 is 13.9 Å². The highest BCUT2D eigenvalue weighted by molar-refractivity contribution is 6.13. The van der Waals surface area contributed by atoms with Gasteiger partial charge in [0.1, 0.15) is 6.61 Å². The highest BCUT2D eigenvalue weighted by Crippen LogP contribution is 2.26. The number of hydrazine groups is 1. The molecule has 10 heteroatoms. The van der Waals surface area contributed by atoms with Gasteiger partial charge in [-0.1, -0.05) is 0 Å². The number of allylic oxidation sites excluding steroid dienone is 1. The molecule has 0 aliphatic carbocycles. The summed E-state index contributed by atoms with van der Waals surface area (Å²) in [6, 6.07) is 10.3. The Morgan fingerprint density at radius 1 is 1.15 bits per heavy atom. The van der Waals surface area contributed by atoms with Crippen molar-refractivity contribution in [1.82, 2.24) is 4.90 Å². The van der Waals surface area contributed by atoms with Crippen LogP contribution in [0, 0.1) is 11.2 Å². The Morgan fingerprint density at radius 3 is 2.45 bits per heavy atom. The average molecular weight is 458 g/mol. The minimum absolute atomic E-state index is 0.00968. The molecule has 178 valence electrons. The molecule has 1 fully saturated rings. The molecule has 33 heavy (non-hydrogen) atoms. The Morgan fingerprint density at radius 2 is 1.82 bits per heavy atom. The molecule has 1 saturated heterocycles. The lowest BCUT2D eigenvalue weighted by molar-refractivity contribution is 0.144. The van der Waals surface area contributed by atoms with Gasteiger partial charge in [-0.3, -0.25) is 10.4 Å². The van der Waals surface area contributed by atoms with Crippen LogP contribution in [0.1, 0.15) is 5.56 Å². The predicted molar refractivity (Wildman–Crippen MR) is 130 cm³/mol.